The average molecular weight is 298 g/mol. The van der Waals surface area contributed by atoms with E-state index in [1.54, 1.807) is 26.0 Å². The van der Waals surface area contributed by atoms with E-state index in [-0.39, 0.29) is 0 Å². The molecule has 110 valence electrons. The summed E-state index contributed by atoms with van der Waals surface area (Å²) in [7, 11) is -0.512. The molecule has 1 N–H and O–H groups in total. The molecule has 1 saturated heterocycles. The van der Waals surface area contributed by atoms with Gasteiger partial charge in [-0.05, 0) is 59.1 Å². The fraction of sp³-hybridized carbons (Fsp3) is 0.643. The van der Waals surface area contributed by atoms with Crippen molar-refractivity contribution in [2.45, 2.75) is 58.3 Å². The number of pyridine rings is 1. The topological polar surface area (TPSA) is 51.6 Å². The Hall–Kier alpha value is -0.615. The zero-order valence-electron chi connectivity index (χ0n) is 12.8. The number of rotatable bonds is 2. The molecule has 1 aliphatic rings. The van der Waals surface area contributed by atoms with Gasteiger partial charge in [0.25, 0.3) is 0 Å². The van der Waals surface area contributed by atoms with Crippen LogP contribution in [0.25, 0.3) is 0 Å². The van der Waals surface area contributed by atoms with Gasteiger partial charge in [-0.25, -0.2) is 4.98 Å². The quantitative estimate of drug-likeness (QED) is 0.672. The summed E-state index contributed by atoms with van der Waals surface area (Å²) in [6.45, 7) is 11.3. The molecule has 1 fully saturated rings. The van der Waals surface area contributed by atoms with E-state index in [4.69, 9.17) is 20.9 Å². The second-order valence-corrected chi connectivity index (χ2v) is 7.14. The highest BCUT2D eigenvalue weighted by atomic mass is 35.5. The normalized spacial score (nSPS) is 21.3. The molecule has 2 rings (SSSR count). The lowest BCUT2D eigenvalue weighted by molar-refractivity contribution is 0.00578. The predicted octanol–water partition coefficient (Wildman–Crippen LogP) is 2.26. The first-order valence-corrected chi connectivity index (χ1v) is 7.06. The molecule has 0 amide bonds. The van der Waals surface area contributed by atoms with E-state index < -0.39 is 23.9 Å². The first kappa shape index (κ1) is 15.8. The molecule has 20 heavy (non-hydrogen) atoms. The summed E-state index contributed by atoms with van der Waals surface area (Å²) in [4.78, 5) is 4.15. The summed E-state index contributed by atoms with van der Waals surface area (Å²) in [6, 6.07) is 3.48. The number of hydrogen-bond acceptors (Lipinski definition) is 4. The molecule has 0 atom stereocenters. The van der Waals surface area contributed by atoms with Crippen molar-refractivity contribution in [2.75, 3.05) is 0 Å². The highest BCUT2D eigenvalue weighted by molar-refractivity contribution is 6.62. The highest BCUT2D eigenvalue weighted by Gasteiger charge is 2.51. The number of nitrogens with zero attached hydrogens (tertiary/aromatic N) is 1. The Labute approximate surface area is 125 Å². The fourth-order valence-corrected chi connectivity index (χ4v) is 2.16. The summed E-state index contributed by atoms with van der Waals surface area (Å²) in [6.07, 6.45) is 0. The van der Waals surface area contributed by atoms with E-state index in [1.165, 1.54) is 0 Å². The summed E-state index contributed by atoms with van der Waals surface area (Å²) < 4.78 is 12.0. The number of halogens is 1. The average Bonchev–Trinajstić information content (AvgIpc) is 2.46. The lowest BCUT2D eigenvalue weighted by Gasteiger charge is -2.32. The van der Waals surface area contributed by atoms with Gasteiger partial charge in [0.15, 0.2) is 0 Å². The van der Waals surface area contributed by atoms with Gasteiger partial charge in [-0.1, -0.05) is 11.6 Å². The molecule has 2 heterocycles. The molecule has 4 nitrogen and oxygen atoms in total. The fourth-order valence-electron chi connectivity index (χ4n) is 1.95. The minimum Gasteiger partial charge on any atom is -0.399 e. The Bertz CT molecular complexity index is 510. The van der Waals surface area contributed by atoms with E-state index in [1.807, 2.05) is 27.7 Å². The standard InChI is InChI=1S/C14H21BClNO3/c1-12(2,18)10-7-9(8-11(16)17-10)15-19-13(3,4)14(5,6)20-15/h7-8,18H,1-6H3. The summed E-state index contributed by atoms with van der Waals surface area (Å²) in [5.41, 5.74) is -0.635. The number of aromatic nitrogens is 1. The molecule has 0 bridgehead atoms. The largest absolute Gasteiger partial charge is 0.495 e. The molecule has 0 aliphatic carbocycles. The van der Waals surface area contributed by atoms with Crippen molar-refractivity contribution in [2.24, 2.45) is 0 Å². The van der Waals surface area contributed by atoms with Gasteiger partial charge in [0.1, 0.15) is 10.8 Å². The van der Waals surface area contributed by atoms with Gasteiger partial charge in [0.2, 0.25) is 0 Å². The van der Waals surface area contributed by atoms with Crippen LogP contribution in [0, 0.1) is 0 Å². The first-order chi connectivity index (χ1) is 8.92. The third-order valence-electron chi connectivity index (χ3n) is 3.97. The molecular weight excluding hydrogens is 276 g/mol. The minimum absolute atomic E-state index is 0.314. The maximum absolute atomic E-state index is 10.1. The van der Waals surface area contributed by atoms with Crippen molar-refractivity contribution in [3.63, 3.8) is 0 Å². The van der Waals surface area contributed by atoms with Crippen LogP contribution >= 0.6 is 11.6 Å². The molecule has 6 heteroatoms. The van der Waals surface area contributed by atoms with Gasteiger partial charge in [0, 0.05) is 0 Å². The Morgan fingerprint density at radius 2 is 1.65 bits per heavy atom. The Morgan fingerprint density at radius 3 is 2.10 bits per heavy atom. The second kappa shape index (κ2) is 4.70. The van der Waals surface area contributed by atoms with Gasteiger partial charge in [0.05, 0.1) is 16.9 Å². The maximum atomic E-state index is 10.1. The zero-order valence-corrected chi connectivity index (χ0v) is 13.6. The Morgan fingerprint density at radius 1 is 1.15 bits per heavy atom. The van der Waals surface area contributed by atoms with Crippen LogP contribution in [-0.2, 0) is 14.9 Å². The van der Waals surface area contributed by atoms with Crippen LogP contribution in [0.15, 0.2) is 12.1 Å². The third kappa shape index (κ3) is 2.86. The SMILES string of the molecule is CC(C)(O)c1cc(B2OC(C)(C)C(C)(C)O2)cc(Cl)n1. The smallest absolute Gasteiger partial charge is 0.399 e. The maximum Gasteiger partial charge on any atom is 0.495 e. The van der Waals surface area contributed by atoms with Crippen LogP contribution in [0.2, 0.25) is 5.15 Å². The van der Waals surface area contributed by atoms with E-state index in [2.05, 4.69) is 4.98 Å². The highest BCUT2D eigenvalue weighted by Crippen LogP contribution is 2.36. The number of hydrogen-bond donors (Lipinski definition) is 1. The molecule has 0 unspecified atom stereocenters. The van der Waals surface area contributed by atoms with Crippen molar-refractivity contribution in [3.05, 3.63) is 23.0 Å². The van der Waals surface area contributed by atoms with Crippen molar-refractivity contribution in [1.29, 1.82) is 0 Å². The van der Waals surface area contributed by atoms with Crippen molar-refractivity contribution in [3.8, 4) is 0 Å². The van der Waals surface area contributed by atoms with Gasteiger partial charge < -0.3 is 14.4 Å². The van der Waals surface area contributed by atoms with Gasteiger partial charge in [-0.2, -0.15) is 0 Å². The van der Waals surface area contributed by atoms with Gasteiger partial charge in [-0.15, -0.1) is 0 Å². The lowest BCUT2D eigenvalue weighted by Crippen LogP contribution is -2.41. The van der Waals surface area contributed by atoms with Gasteiger partial charge >= 0.3 is 7.12 Å². The molecule has 0 aromatic carbocycles. The third-order valence-corrected chi connectivity index (χ3v) is 4.16. The van der Waals surface area contributed by atoms with E-state index >= 15 is 0 Å². The van der Waals surface area contributed by atoms with Crippen LogP contribution in [0.5, 0.6) is 0 Å². The molecule has 0 saturated carbocycles. The molecular formula is C14H21BClNO3. The summed E-state index contributed by atoms with van der Waals surface area (Å²) >= 11 is 6.04. The van der Waals surface area contributed by atoms with E-state index in [9.17, 15) is 5.11 Å². The van der Waals surface area contributed by atoms with Crippen LogP contribution in [-0.4, -0.2) is 28.4 Å². The van der Waals surface area contributed by atoms with Crippen LogP contribution in [0.4, 0.5) is 0 Å². The van der Waals surface area contributed by atoms with Crippen LogP contribution in [0.1, 0.15) is 47.2 Å². The van der Waals surface area contributed by atoms with E-state index in [0.29, 0.717) is 10.8 Å². The molecule has 1 aromatic rings. The van der Waals surface area contributed by atoms with E-state index in [0.717, 1.165) is 5.46 Å². The molecule has 1 aliphatic heterocycles. The van der Waals surface area contributed by atoms with Crippen molar-refractivity contribution >= 4 is 24.2 Å². The Balaban J connectivity index is 2.38. The number of aliphatic hydroxyl groups is 1. The van der Waals surface area contributed by atoms with Crippen LogP contribution < -0.4 is 5.46 Å². The zero-order chi connectivity index (χ0) is 15.3. The molecule has 0 radical (unpaired) electrons. The molecule has 0 spiro atoms. The summed E-state index contributed by atoms with van der Waals surface area (Å²) in [5, 5.41) is 10.4. The van der Waals surface area contributed by atoms with Crippen molar-refractivity contribution in [1.82, 2.24) is 4.98 Å². The van der Waals surface area contributed by atoms with Crippen LogP contribution in [0.3, 0.4) is 0 Å². The predicted molar refractivity (Wildman–Crippen MR) is 80.2 cm³/mol. The monoisotopic (exact) mass is 297 g/mol. The second-order valence-electron chi connectivity index (χ2n) is 6.76. The lowest BCUT2D eigenvalue weighted by atomic mass is 9.78. The van der Waals surface area contributed by atoms with Crippen molar-refractivity contribution < 1.29 is 14.4 Å². The first-order valence-electron chi connectivity index (χ1n) is 6.68. The minimum atomic E-state index is -1.07. The molecule has 1 aromatic heterocycles. The summed E-state index contributed by atoms with van der Waals surface area (Å²) in [5.74, 6) is 0. The van der Waals surface area contributed by atoms with Gasteiger partial charge in [-0.3, -0.25) is 0 Å². The Kier molecular flexibility index (Phi) is 3.71.